The van der Waals surface area contributed by atoms with Crippen molar-refractivity contribution in [3.63, 3.8) is 0 Å². The fraction of sp³-hybridized carbons (Fsp3) is 0.273. The Morgan fingerprint density at radius 1 is 0.968 bits per heavy atom. The van der Waals surface area contributed by atoms with E-state index < -0.39 is 15.9 Å². The first-order valence-electron chi connectivity index (χ1n) is 10.1. The van der Waals surface area contributed by atoms with Gasteiger partial charge in [-0.05, 0) is 56.2 Å². The molecule has 0 spiro atoms. The lowest BCUT2D eigenvalue weighted by Gasteiger charge is -2.15. The maximum absolute atomic E-state index is 13.0. The number of benzene rings is 2. The number of amides is 1. The number of para-hydroxylation sites is 1. The van der Waals surface area contributed by atoms with Crippen LogP contribution in [0.4, 0.5) is 5.69 Å². The lowest BCUT2D eigenvalue weighted by molar-refractivity contribution is 0.102. The van der Waals surface area contributed by atoms with Crippen molar-refractivity contribution in [1.29, 1.82) is 0 Å². The third-order valence-electron chi connectivity index (χ3n) is 5.61. The third kappa shape index (κ3) is 3.82. The molecule has 0 atom stereocenters. The molecule has 0 saturated carbocycles. The molecule has 162 valence electrons. The van der Waals surface area contributed by atoms with Crippen LogP contribution >= 0.6 is 0 Å². The van der Waals surface area contributed by atoms with E-state index in [1.165, 1.54) is 33.3 Å². The lowest BCUT2D eigenvalue weighted by Crippen LogP contribution is -2.28. The van der Waals surface area contributed by atoms with Gasteiger partial charge in [0.05, 0.1) is 16.3 Å². The van der Waals surface area contributed by atoms with Gasteiger partial charge in [0.25, 0.3) is 11.5 Å². The highest BCUT2D eigenvalue weighted by Gasteiger charge is 2.27. The molecule has 1 amide bonds. The first-order valence-corrected chi connectivity index (χ1v) is 11.5. The van der Waals surface area contributed by atoms with Crippen molar-refractivity contribution in [3.05, 3.63) is 76.2 Å². The van der Waals surface area contributed by atoms with Gasteiger partial charge in [-0.15, -0.1) is 0 Å². The number of nitrogens with zero attached hydrogens (tertiary/aromatic N) is 3. The van der Waals surface area contributed by atoms with Crippen molar-refractivity contribution < 1.29 is 13.2 Å². The molecule has 8 nitrogen and oxygen atoms in total. The van der Waals surface area contributed by atoms with Gasteiger partial charge in [0.15, 0.2) is 0 Å². The van der Waals surface area contributed by atoms with Crippen LogP contribution in [0.5, 0.6) is 0 Å². The number of rotatable bonds is 5. The predicted molar refractivity (Wildman–Crippen MR) is 118 cm³/mol. The van der Waals surface area contributed by atoms with Gasteiger partial charge >= 0.3 is 0 Å². The van der Waals surface area contributed by atoms with Gasteiger partial charge in [0.2, 0.25) is 10.0 Å². The minimum Gasteiger partial charge on any atom is -0.316 e. The Morgan fingerprint density at radius 2 is 1.58 bits per heavy atom. The summed E-state index contributed by atoms with van der Waals surface area (Å²) in [5.74, 6) is -0.476. The Balaban J connectivity index is 1.59. The second-order valence-corrected chi connectivity index (χ2v) is 9.46. The summed E-state index contributed by atoms with van der Waals surface area (Å²) >= 11 is 0. The molecule has 4 rings (SSSR count). The summed E-state index contributed by atoms with van der Waals surface area (Å²) in [7, 11) is -1.79. The van der Waals surface area contributed by atoms with Gasteiger partial charge in [0.1, 0.15) is 5.69 Å². The van der Waals surface area contributed by atoms with Gasteiger partial charge in [-0.25, -0.2) is 13.1 Å². The van der Waals surface area contributed by atoms with Gasteiger partial charge in [0, 0.05) is 25.7 Å². The minimum atomic E-state index is -3.54. The summed E-state index contributed by atoms with van der Waals surface area (Å²) in [6.07, 6.45) is 1.72. The monoisotopic (exact) mass is 440 g/mol. The normalized spacial score (nSPS) is 14.6. The molecule has 1 aliphatic rings. The maximum atomic E-state index is 13.0. The fourth-order valence-corrected chi connectivity index (χ4v) is 5.27. The number of sulfonamides is 1. The Labute approximate surface area is 180 Å². The summed E-state index contributed by atoms with van der Waals surface area (Å²) in [6.45, 7) is 2.79. The Hall–Kier alpha value is -3.17. The fourth-order valence-electron chi connectivity index (χ4n) is 3.75. The molecule has 1 N–H and O–H groups in total. The molecule has 1 saturated heterocycles. The lowest BCUT2D eigenvalue weighted by atomic mass is 10.2. The highest BCUT2D eigenvalue weighted by atomic mass is 32.2. The van der Waals surface area contributed by atoms with Crippen LogP contribution in [-0.4, -0.2) is 41.1 Å². The van der Waals surface area contributed by atoms with Gasteiger partial charge in [-0.2, -0.15) is 4.31 Å². The standard InChI is InChI=1S/C22H24N4O4S/c1-16-20(22(28)26(24(16)2)18-8-4-3-5-9-18)23-21(27)17-10-12-19(13-11-17)31(29,30)25-14-6-7-15-25/h3-5,8-13H,6-7,14-15H2,1-2H3,(H,23,27). The number of nitrogens with one attached hydrogen (secondary N) is 1. The van der Waals surface area contributed by atoms with Crippen molar-refractivity contribution in [2.45, 2.75) is 24.7 Å². The number of aromatic nitrogens is 2. The van der Waals surface area contributed by atoms with E-state index in [0.29, 0.717) is 24.5 Å². The molecule has 3 aromatic rings. The van der Waals surface area contributed by atoms with Crippen molar-refractivity contribution in [1.82, 2.24) is 13.7 Å². The average molecular weight is 441 g/mol. The number of carbonyl (C=O) groups excluding carboxylic acids is 1. The van der Waals surface area contributed by atoms with Crippen LogP contribution in [-0.2, 0) is 17.1 Å². The summed E-state index contributed by atoms with van der Waals surface area (Å²) in [5.41, 5.74) is 1.41. The molecule has 2 aromatic carbocycles. The second-order valence-electron chi connectivity index (χ2n) is 7.53. The molecule has 0 aliphatic carbocycles. The molecule has 1 fully saturated rings. The first-order chi connectivity index (χ1) is 14.8. The van der Waals surface area contributed by atoms with E-state index in [-0.39, 0.29) is 21.7 Å². The zero-order chi connectivity index (χ0) is 22.2. The highest BCUT2D eigenvalue weighted by molar-refractivity contribution is 7.89. The molecule has 0 unspecified atom stereocenters. The van der Waals surface area contributed by atoms with Gasteiger partial charge in [-0.3, -0.25) is 14.3 Å². The van der Waals surface area contributed by atoms with Crippen LogP contribution in [0.3, 0.4) is 0 Å². The van der Waals surface area contributed by atoms with E-state index in [1.807, 2.05) is 30.3 Å². The van der Waals surface area contributed by atoms with Crippen LogP contribution in [0.25, 0.3) is 5.69 Å². The van der Waals surface area contributed by atoms with Gasteiger partial charge < -0.3 is 5.32 Å². The van der Waals surface area contributed by atoms with Crippen molar-refractivity contribution in [3.8, 4) is 5.69 Å². The molecular weight excluding hydrogens is 416 g/mol. The molecule has 9 heteroatoms. The molecule has 2 heterocycles. The Bertz CT molecular complexity index is 1270. The topological polar surface area (TPSA) is 93.4 Å². The van der Waals surface area contributed by atoms with E-state index in [2.05, 4.69) is 5.32 Å². The van der Waals surface area contributed by atoms with Crippen LogP contribution in [0, 0.1) is 6.92 Å². The van der Waals surface area contributed by atoms with Crippen LogP contribution in [0.1, 0.15) is 28.9 Å². The Morgan fingerprint density at radius 3 is 2.19 bits per heavy atom. The van der Waals surface area contributed by atoms with E-state index in [4.69, 9.17) is 0 Å². The number of hydrogen-bond acceptors (Lipinski definition) is 4. The average Bonchev–Trinajstić information content (AvgIpc) is 3.39. The summed E-state index contributed by atoms with van der Waals surface area (Å²) in [4.78, 5) is 25.9. The number of anilines is 1. The zero-order valence-electron chi connectivity index (χ0n) is 17.4. The van der Waals surface area contributed by atoms with E-state index in [1.54, 1.807) is 18.7 Å². The molecule has 1 aliphatic heterocycles. The van der Waals surface area contributed by atoms with Crippen molar-refractivity contribution >= 4 is 21.6 Å². The van der Waals surface area contributed by atoms with Crippen molar-refractivity contribution in [2.24, 2.45) is 7.05 Å². The first kappa shape index (κ1) is 21.1. The minimum absolute atomic E-state index is 0.160. The van der Waals surface area contributed by atoms with E-state index in [0.717, 1.165) is 12.8 Å². The molecule has 0 radical (unpaired) electrons. The molecule has 0 bridgehead atoms. The molecular formula is C22H24N4O4S. The quantitative estimate of drug-likeness (QED) is 0.660. The zero-order valence-corrected chi connectivity index (χ0v) is 18.2. The number of carbonyl (C=O) groups is 1. The van der Waals surface area contributed by atoms with Crippen LogP contribution < -0.4 is 10.9 Å². The maximum Gasteiger partial charge on any atom is 0.295 e. The third-order valence-corrected chi connectivity index (χ3v) is 7.52. The largest absolute Gasteiger partial charge is 0.316 e. The highest BCUT2D eigenvalue weighted by Crippen LogP contribution is 2.21. The van der Waals surface area contributed by atoms with Gasteiger partial charge in [-0.1, -0.05) is 18.2 Å². The summed E-state index contributed by atoms with van der Waals surface area (Å²) in [6, 6.07) is 14.9. The number of hydrogen-bond donors (Lipinski definition) is 1. The summed E-state index contributed by atoms with van der Waals surface area (Å²) in [5, 5.41) is 2.69. The van der Waals surface area contributed by atoms with Crippen LogP contribution in [0.15, 0.2) is 64.3 Å². The van der Waals surface area contributed by atoms with Crippen molar-refractivity contribution in [2.75, 3.05) is 18.4 Å². The molecule has 1 aromatic heterocycles. The van der Waals surface area contributed by atoms with Crippen LogP contribution in [0.2, 0.25) is 0 Å². The molecule has 31 heavy (non-hydrogen) atoms. The smallest absolute Gasteiger partial charge is 0.295 e. The Kier molecular flexibility index (Phi) is 5.55. The summed E-state index contributed by atoms with van der Waals surface area (Å²) < 4.78 is 29.9. The predicted octanol–water partition coefficient (Wildman–Crippen LogP) is 2.52. The second kappa shape index (κ2) is 8.16. The van der Waals surface area contributed by atoms with E-state index in [9.17, 15) is 18.0 Å². The SMILES string of the molecule is Cc1c(NC(=O)c2ccc(S(=O)(=O)N3CCCC3)cc2)c(=O)n(-c2ccccc2)n1C. The van der Waals surface area contributed by atoms with E-state index >= 15 is 0 Å².